The Morgan fingerprint density at radius 1 is 1.30 bits per heavy atom. The number of thiazole rings is 1. The normalized spacial score (nSPS) is 16.7. The molecule has 0 saturated carbocycles. The second-order valence-electron chi connectivity index (χ2n) is 5.38. The van der Waals surface area contributed by atoms with E-state index < -0.39 is 0 Å². The van der Waals surface area contributed by atoms with Crippen molar-refractivity contribution in [3.63, 3.8) is 0 Å². The van der Waals surface area contributed by atoms with Crippen LogP contribution in [-0.2, 0) is 4.74 Å². The molecule has 0 amide bonds. The van der Waals surface area contributed by atoms with Gasteiger partial charge in [0.25, 0.3) is 0 Å². The van der Waals surface area contributed by atoms with Crippen LogP contribution in [0.3, 0.4) is 0 Å². The van der Waals surface area contributed by atoms with Gasteiger partial charge in [-0.1, -0.05) is 30.3 Å². The molecule has 2 N–H and O–H groups in total. The predicted octanol–water partition coefficient (Wildman–Crippen LogP) is 1.52. The van der Waals surface area contributed by atoms with E-state index in [1.165, 1.54) is 16.2 Å². The maximum atomic E-state index is 10.4. The van der Waals surface area contributed by atoms with Crippen molar-refractivity contribution in [1.29, 1.82) is 5.26 Å². The second-order valence-corrected chi connectivity index (χ2v) is 6.23. The molecule has 3 rings (SSSR count). The number of aliphatic hydroxyl groups is 1. The van der Waals surface area contributed by atoms with Gasteiger partial charge in [0.15, 0.2) is 5.76 Å². The van der Waals surface area contributed by atoms with Crippen LogP contribution in [0, 0.1) is 11.3 Å². The molecule has 5 nitrogen and oxygen atoms in total. The lowest BCUT2D eigenvalue weighted by atomic mass is 10.2. The standard InChI is InChI=1S/C17H17N3O2S/c18-10-14(16(21)11-20-6-8-22-9-7-20)17-19-15(12-23-17)13-4-2-1-3-5-13/h1-5,12,21H,6-9,11H2/p+1/b16-14-. The highest BCUT2D eigenvalue weighted by molar-refractivity contribution is 7.11. The summed E-state index contributed by atoms with van der Waals surface area (Å²) in [7, 11) is 0. The molecule has 0 aliphatic carbocycles. The first-order valence-corrected chi connectivity index (χ1v) is 8.40. The van der Waals surface area contributed by atoms with E-state index >= 15 is 0 Å². The average Bonchev–Trinajstić information content (AvgIpc) is 3.07. The Hall–Kier alpha value is -2.20. The third-order valence-corrected chi connectivity index (χ3v) is 4.67. The number of aromatic nitrogens is 1. The maximum absolute atomic E-state index is 10.4. The van der Waals surface area contributed by atoms with Gasteiger partial charge in [-0.15, -0.1) is 11.3 Å². The number of benzene rings is 1. The van der Waals surface area contributed by atoms with Gasteiger partial charge in [0.2, 0.25) is 0 Å². The Kier molecular flexibility index (Phi) is 5.03. The Morgan fingerprint density at radius 2 is 2.04 bits per heavy atom. The summed E-state index contributed by atoms with van der Waals surface area (Å²) >= 11 is 1.38. The van der Waals surface area contributed by atoms with Gasteiger partial charge in [-0.3, -0.25) is 0 Å². The summed E-state index contributed by atoms with van der Waals surface area (Å²) in [5.41, 5.74) is 2.10. The molecule has 0 spiro atoms. The van der Waals surface area contributed by atoms with Crippen LogP contribution < -0.4 is 4.90 Å². The molecule has 1 aromatic heterocycles. The fraction of sp³-hybridized carbons (Fsp3) is 0.294. The monoisotopic (exact) mass is 328 g/mol. The van der Waals surface area contributed by atoms with Crippen LogP contribution in [0.15, 0.2) is 41.5 Å². The van der Waals surface area contributed by atoms with E-state index in [9.17, 15) is 10.4 Å². The molecule has 0 radical (unpaired) electrons. The van der Waals surface area contributed by atoms with Crippen molar-refractivity contribution in [1.82, 2.24) is 4.98 Å². The molecule has 1 fully saturated rings. The molecule has 0 bridgehead atoms. The SMILES string of the molecule is N#C/C(=C(/O)C[NH+]1CCOCC1)c1nc(-c2ccccc2)cs1. The summed E-state index contributed by atoms with van der Waals surface area (Å²) in [6, 6.07) is 11.9. The van der Waals surface area contributed by atoms with E-state index in [1.807, 2.05) is 35.7 Å². The Balaban J connectivity index is 1.81. The van der Waals surface area contributed by atoms with Crippen molar-refractivity contribution in [2.75, 3.05) is 32.8 Å². The van der Waals surface area contributed by atoms with Crippen LogP contribution >= 0.6 is 11.3 Å². The lowest BCUT2D eigenvalue weighted by Gasteiger charge is -2.23. The van der Waals surface area contributed by atoms with E-state index in [2.05, 4.69) is 11.1 Å². The molecule has 2 heterocycles. The number of quaternary nitrogens is 1. The highest BCUT2D eigenvalue weighted by atomic mass is 32.1. The van der Waals surface area contributed by atoms with Crippen LogP contribution in [0.2, 0.25) is 0 Å². The molecule has 0 unspecified atom stereocenters. The topological polar surface area (TPSA) is 70.6 Å². The Bertz CT molecular complexity index is 728. The van der Waals surface area contributed by atoms with Gasteiger partial charge in [0.1, 0.15) is 36.3 Å². The highest BCUT2D eigenvalue weighted by Gasteiger charge is 2.20. The smallest absolute Gasteiger partial charge is 0.168 e. The number of nitrogens with zero attached hydrogens (tertiary/aromatic N) is 2. The zero-order valence-electron chi connectivity index (χ0n) is 12.7. The van der Waals surface area contributed by atoms with Gasteiger partial charge in [-0.05, 0) is 0 Å². The van der Waals surface area contributed by atoms with Gasteiger partial charge in [-0.2, -0.15) is 5.26 Å². The van der Waals surface area contributed by atoms with E-state index in [4.69, 9.17) is 4.74 Å². The van der Waals surface area contributed by atoms with Crippen LogP contribution in [0.5, 0.6) is 0 Å². The molecule has 1 aliphatic heterocycles. The zero-order valence-corrected chi connectivity index (χ0v) is 13.5. The Labute approximate surface area is 139 Å². The first-order valence-electron chi connectivity index (χ1n) is 7.53. The lowest BCUT2D eigenvalue weighted by molar-refractivity contribution is -0.904. The maximum Gasteiger partial charge on any atom is 0.168 e. The van der Waals surface area contributed by atoms with E-state index in [-0.39, 0.29) is 11.3 Å². The largest absolute Gasteiger partial charge is 0.506 e. The van der Waals surface area contributed by atoms with Gasteiger partial charge in [0, 0.05) is 10.9 Å². The minimum absolute atomic E-state index is 0.110. The fourth-order valence-corrected chi connectivity index (χ4v) is 3.37. The van der Waals surface area contributed by atoms with E-state index in [0.29, 0.717) is 24.8 Å². The molecule has 1 aromatic carbocycles. The first-order chi connectivity index (χ1) is 11.3. The molecule has 118 valence electrons. The summed E-state index contributed by atoms with van der Waals surface area (Å²) in [5, 5.41) is 22.3. The van der Waals surface area contributed by atoms with Crippen molar-refractivity contribution in [3.8, 4) is 17.3 Å². The van der Waals surface area contributed by atoms with Crippen molar-refractivity contribution in [2.24, 2.45) is 0 Å². The minimum Gasteiger partial charge on any atom is -0.506 e. The van der Waals surface area contributed by atoms with Crippen LogP contribution in [0.4, 0.5) is 0 Å². The molecule has 6 heteroatoms. The fourth-order valence-electron chi connectivity index (χ4n) is 2.53. The average molecular weight is 328 g/mol. The number of hydrogen-bond donors (Lipinski definition) is 2. The molecular formula is C17H18N3O2S+. The van der Waals surface area contributed by atoms with Gasteiger partial charge < -0.3 is 14.7 Å². The van der Waals surface area contributed by atoms with Crippen molar-refractivity contribution >= 4 is 16.9 Å². The van der Waals surface area contributed by atoms with Crippen LogP contribution in [0.1, 0.15) is 5.01 Å². The molecule has 23 heavy (non-hydrogen) atoms. The van der Waals surface area contributed by atoms with Gasteiger partial charge >= 0.3 is 0 Å². The minimum atomic E-state index is 0.110. The van der Waals surface area contributed by atoms with Crippen molar-refractivity contribution < 1.29 is 14.7 Å². The number of nitriles is 1. The molecule has 1 saturated heterocycles. The van der Waals surface area contributed by atoms with Crippen LogP contribution in [0.25, 0.3) is 16.8 Å². The number of morpholine rings is 1. The number of hydrogen-bond acceptors (Lipinski definition) is 5. The molecule has 2 aromatic rings. The lowest BCUT2D eigenvalue weighted by Crippen LogP contribution is -3.14. The van der Waals surface area contributed by atoms with E-state index in [0.717, 1.165) is 24.3 Å². The summed E-state index contributed by atoms with van der Waals surface area (Å²) < 4.78 is 5.31. The summed E-state index contributed by atoms with van der Waals surface area (Å²) in [4.78, 5) is 5.73. The van der Waals surface area contributed by atoms with Crippen LogP contribution in [-0.4, -0.2) is 42.9 Å². The Morgan fingerprint density at radius 3 is 2.74 bits per heavy atom. The quantitative estimate of drug-likeness (QED) is 0.659. The molecular weight excluding hydrogens is 310 g/mol. The second kappa shape index (κ2) is 7.38. The van der Waals surface area contributed by atoms with Gasteiger partial charge in [0.05, 0.1) is 18.9 Å². The first kappa shape index (κ1) is 15.7. The molecule has 1 aliphatic rings. The summed E-state index contributed by atoms with van der Waals surface area (Å²) in [6.07, 6.45) is 0. The number of nitrogens with one attached hydrogen (secondary N) is 1. The molecule has 0 atom stereocenters. The third kappa shape index (κ3) is 3.77. The zero-order chi connectivity index (χ0) is 16.1. The number of allylic oxidation sites excluding steroid dienone is 1. The predicted molar refractivity (Wildman–Crippen MR) is 89.1 cm³/mol. The highest BCUT2D eigenvalue weighted by Crippen LogP contribution is 2.26. The van der Waals surface area contributed by atoms with Crippen molar-refractivity contribution in [2.45, 2.75) is 0 Å². The summed E-state index contributed by atoms with van der Waals surface area (Å²) in [5.74, 6) is 0.110. The third-order valence-electron chi connectivity index (χ3n) is 3.81. The number of rotatable bonds is 4. The summed E-state index contributed by atoms with van der Waals surface area (Å²) in [6.45, 7) is 3.51. The van der Waals surface area contributed by atoms with Crippen molar-refractivity contribution in [3.05, 3.63) is 46.5 Å². The van der Waals surface area contributed by atoms with Gasteiger partial charge in [-0.25, -0.2) is 4.98 Å². The number of aliphatic hydroxyl groups excluding tert-OH is 1. The number of ether oxygens (including phenoxy) is 1. The van der Waals surface area contributed by atoms with E-state index in [1.54, 1.807) is 0 Å².